The van der Waals surface area contributed by atoms with Gasteiger partial charge in [0, 0.05) is 30.7 Å². The van der Waals surface area contributed by atoms with Crippen LogP contribution in [0.5, 0.6) is 0 Å². The minimum absolute atomic E-state index is 0.157. The standard InChI is InChI=1S/C19H23N3O/c1-14-6-7-17(15(2)12-14)21-19(23)18-13-16(8-9-20-18)22-10-4-3-5-11-22/h6-9,12-13H,3-5,10-11H2,1-2H3,(H,21,23). The number of hydrogen-bond donors (Lipinski definition) is 1. The SMILES string of the molecule is Cc1ccc(NC(=O)c2cc(N3CCCCC3)ccn2)c(C)c1. The van der Waals surface area contributed by atoms with Crippen molar-refractivity contribution in [3.8, 4) is 0 Å². The van der Waals surface area contributed by atoms with E-state index in [-0.39, 0.29) is 5.91 Å². The van der Waals surface area contributed by atoms with Crippen molar-refractivity contribution in [2.75, 3.05) is 23.3 Å². The zero-order valence-corrected chi connectivity index (χ0v) is 13.8. The van der Waals surface area contributed by atoms with Crippen molar-refractivity contribution in [2.45, 2.75) is 33.1 Å². The van der Waals surface area contributed by atoms with E-state index in [1.165, 1.54) is 24.8 Å². The van der Waals surface area contributed by atoms with Crippen LogP contribution in [0.25, 0.3) is 0 Å². The smallest absolute Gasteiger partial charge is 0.274 e. The summed E-state index contributed by atoms with van der Waals surface area (Å²) >= 11 is 0. The third kappa shape index (κ3) is 3.70. The molecule has 1 saturated heterocycles. The second kappa shape index (κ2) is 6.82. The number of benzene rings is 1. The molecule has 1 aliphatic rings. The molecule has 23 heavy (non-hydrogen) atoms. The Bertz CT molecular complexity index is 706. The molecule has 0 aliphatic carbocycles. The van der Waals surface area contributed by atoms with E-state index in [0.29, 0.717) is 5.69 Å². The van der Waals surface area contributed by atoms with Crippen LogP contribution in [-0.2, 0) is 0 Å². The molecule has 3 rings (SSSR count). The first-order valence-electron chi connectivity index (χ1n) is 8.23. The molecule has 1 N–H and O–H groups in total. The summed E-state index contributed by atoms with van der Waals surface area (Å²) in [5.74, 6) is -0.157. The normalized spacial score (nSPS) is 14.6. The van der Waals surface area contributed by atoms with Crippen LogP contribution in [0, 0.1) is 13.8 Å². The van der Waals surface area contributed by atoms with Crippen molar-refractivity contribution in [1.29, 1.82) is 0 Å². The van der Waals surface area contributed by atoms with E-state index in [2.05, 4.69) is 21.3 Å². The van der Waals surface area contributed by atoms with E-state index in [1.54, 1.807) is 6.20 Å². The third-order valence-electron chi connectivity index (χ3n) is 4.33. The summed E-state index contributed by atoms with van der Waals surface area (Å²) < 4.78 is 0. The fourth-order valence-electron chi connectivity index (χ4n) is 3.03. The largest absolute Gasteiger partial charge is 0.371 e. The van der Waals surface area contributed by atoms with Gasteiger partial charge in [0.15, 0.2) is 0 Å². The number of pyridine rings is 1. The molecule has 4 heteroatoms. The number of amides is 1. The Morgan fingerprint density at radius 2 is 1.87 bits per heavy atom. The number of aromatic nitrogens is 1. The number of hydrogen-bond acceptors (Lipinski definition) is 3. The van der Waals surface area contributed by atoms with Crippen molar-refractivity contribution in [1.82, 2.24) is 4.98 Å². The molecule has 0 radical (unpaired) electrons. The van der Waals surface area contributed by atoms with Crippen LogP contribution in [0.1, 0.15) is 40.9 Å². The van der Waals surface area contributed by atoms with Crippen LogP contribution in [0.3, 0.4) is 0 Å². The molecule has 0 atom stereocenters. The lowest BCUT2D eigenvalue weighted by Gasteiger charge is -2.28. The van der Waals surface area contributed by atoms with Crippen molar-refractivity contribution in [2.24, 2.45) is 0 Å². The summed E-state index contributed by atoms with van der Waals surface area (Å²) in [4.78, 5) is 19.1. The molecule has 1 fully saturated rings. The van der Waals surface area contributed by atoms with E-state index < -0.39 is 0 Å². The summed E-state index contributed by atoms with van der Waals surface area (Å²) in [7, 11) is 0. The maximum Gasteiger partial charge on any atom is 0.274 e. The summed E-state index contributed by atoms with van der Waals surface area (Å²) in [6.07, 6.45) is 5.45. The number of nitrogens with one attached hydrogen (secondary N) is 1. The van der Waals surface area contributed by atoms with Gasteiger partial charge >= 0.3 is 0 Å². The monoisotopic (exact) mass is 309 g/mol. The fourth-order valence-corrected chi connectivity index (χ4v) is 3.03. The highest BCUT2D eigenvalue weighted by molar-refractivity contribution is 6.03. The molecule has 4 nitrogen and oxygen atoms in total. The van der Waals surface area contributed by atoms with E-state index in [9.17, 15) is 4.79 Å². The fraction of sp³-hybridized carbons (Fsp3) is 0.368. The Morgan fingerprint density at radius 3 is 2.61 bits per heavy atom. The number of nitrogens with zero attached hydrogens (tertiary/aromatic N) is 2. The van der Waals surface area contributed by atoms with Gasteiger partial charge in [-0.2, -0.15) is 0 Å². The van der Waals surface area contributed by atoms with Crippen molar-refractivity contribution in [3.63, 3.8) is 0 Å². The number of rotatable bonds is 3. The maximum absolute atomic E-state index is 12.5. The Labute approximate surface area is 137 Å². The van der Waals surface area contributed by atoms with Gasteiger partial charge in [0.05, 0.1) is 0 Å². The van der Waals surface area contributed by atoms with E-state index >= 15 is 0 Å². The van der Waals surface area contributed by atoms with Crippen LogP contribution >= 0.6 is 0 Å². The molecule has 0 bridgehead atoms. The number of carbonyl (C=O) groups excluding carboxylic acids is 1. The molecular formula is C19H23N3O. The van der Waals surface area contributed by atoms with Gasteiger partial charge in [-0.05, 0) is 56.9 Å². The molecule has 2 heterocycles. The molecule has 1 amide bonds. The second-order valence-corrected chi connectivity index (χ2v) is 6.22. The minimum atomic E-state index is -0.157. The highest BCUT2D eigenvalue weighted by Gasteiger charge is 2.14. The molecule has 0 spiro atoms. The van der Waals surface area contributed by atoms with Gasteiger partial charge in [-0.15, -0.1) is 0 Å². The van der Waals surface area contributed by atoms with Gasteiger partial charge in [-0.25, -0.2) is 0 Å². The van der Waals surface area contributed by atoms with E-state index in [0.717, 1.165) is 30.0 Å². The van der Waals surface area contributed by atoms with Gasteiger partial charge in [0.1, 0.15) is 5.69 Å². The van der Waals surface area contributed by atoms with Gasteiger partial charge in [-0.3, -0.25) is 9.78 Å². The zero-order valence-electron chi connectivity index (χ0n) is 13.8. The predicted octanol–water partition coefficient (Wildman–Crippen LogP) is 3.94. The molecule has 1 aromatic carbocycles. The molecule has 120 valence electrons. The highest BCUT2D eigenvalue weighted by atomic mass is 16.1. The van der Waals surface area contributed by atoms with Crippen molar-refractivity contribution < 1.29 is 4.79 Å². The average molecular weight is 309 g/mol. The maximum atomic E-state index is 12.5. The Balaban J connectivity index is 1.76. The molecule has 0 unspecified atom stereocenters. The van der Waals surface area contributed by atoms with Crippen LogP contribution in [0.15, 0.2) is 36.5 Å². The lowest BCUT2D eigenvalue weighted by molar-refractivity contribution is 0.102. The first-order chi connectivity index (χ1) is 11.1. The molecule has 0 saturated carbocycles. The summed E-state index contributed by atoms with van der Waals surface area (Å²) in [6.45, 7) is 6.16. The van der Waals surface area contributed by atoms with Crippen LogP contribution in [0.2, 0.25) is 0 Å². The Morgan fingerprint density at radius 1 is 1.09 bits per heavy atom. The van der Waals surface area contributed by atoms with E-state index in [4.69, 9.17) is 0 Å². The first kappa shape index (κ1) is 15.5. The Hall–Kier alpha value is -2.36. The molecule has 2 aromatic rings. The predicted molar refractivity (Wildman–Crippen MR) is 94.2 cm³/mol. The molecular weight excluding hydrogens is 286 g/mol. The quantitative estimate of drug-likeness (QED) is 0.934. The topological polar surface area (TPSA) is 45.2 Å². The summed E-state index contributed by atoms with van der Waals surface area (Å²) in [5.41, 5.74) is 4.64. The van der Waals surface area contributed by atoms with Gasteiger partial charge in [0.2, 0.25) is 0 Å². The lowest BCUT2D eigenvalue weighted by atomic mass is 10.1. The lowest BCUT2D eigenvalue weighted by Crippen LogP contribution is -2.29. The van der Waals surface area contributed by atoms with E-state index in [1.807, 2.05) is 38.1 Å². The average Bonchev–Trinajstić information content (AvgIpc) is 2.58. The minimum Gasteiger partial charge on any atom is -0.371 e. The Kier molecular flexibility index (Phi) is 4.60. The van der Waals surface area contributed by atoms with Crippen molar-refractivity contribution >= 4 is 17.3 Å². The highest BCUT2D eigenvalue weighted by Crippen LogP contribution is 2.21. The summed E-state index contributed by atoms with van der Waals surface area (Å²) in [5, 5.41) is 2.96. The number of piperidine rings is 1. The number of carbonyl (C=O) groups is 1. The van der Waals surface area contributed by atoms with Crippen LogP contribution < -0.4 is 10.2 Å². The summed E-state index contributed by atoms with van der Waals surface area (Å²) in [6, 6.07) is 9.88. The number of anilines is 2. The van der Waals surface area contributed by atoms with Gasteiger partial charge in [0.25, 0.3) is 5.91 Å². The first-order valence-corrected chi connectivity index (χ1v) is 8.23. The molecule has 1 aromatic heterocycles. The second-order valence-electron chi connectivity index (χ2n) is 6.22. The molecule has 1 aliphatic heterocycles. The number of aryl methyl sites for hydroxylation is 2. The zero-order chi connectivity index (χ0) is 16.2. The van der Waals surface area contributed by atoms with Crippen molar-refractivity contribution in [3.05, 3.63) is 53.3 Å². The van der Waals surface area contributed by atoms with Crippen LogP contribution in [-0.4, -0.2) is 24.0 Å². The van der Waals surface area contributed by atoms with Gasteiger partial charge in [-0.1, -0.05) is 17.7 Å². The van der Waals surface area contributed by atoms with Crippen LogP contribution in [0.4, 0.5) is 11.4 Å². The third-order valence-corrected chi connectivity index (χ3v) is 4.33. The van der Waals surface area contributed by atoms with Gasteiger partial charge < -0.3 is 10.2 Å².